The number of phenols is 4. The van der Waals surface area contributed by atoms with Gasteiger partial charge < -0.3 is 79.5 Å². The van der Waals surface area contributed by atoms with Gasteiger partial charge in [0.2, 0.25) is 17.5 Å². The monoisotopic (exact) mass is 626 g/mol. The molecule has 5 rings (SSSR count). The maximum absolute atomic E-state index is 13.6. The SMILES string of the molecule is O=c1c(O[C@@H]2OC(CO[C@@H]3OC(CO)[C@H](O)[C@H](O)C3O)[C@@H](O)C(O)C2O)c(-c2ccc(O)c(O)c2)oc2cc(O)cc(O)c12. The van der Waals surface area contributed by atoms with Crippen LogP contribution in [0.2, 0.25) is 0 Å². The number of aromatic hydroxyl groups is 4. The van der Waals surface area contributed by atoms with E-state index in [1.165, 1.54) is 6.07 Å². The summed E-state index contributed by atoms with van der Waals surface area (Å²) in [6, 6.07) is 5.17. The molecule has 0 spiro atoms. The molecule has 5 unspecified atom stereocenters. The standard InChI is InChI=1S/C27H30O17/c28-6-14-17(33)20(36)22(38)26(42-14)40-7-15-18(34)21(37)23(39)27(43-15)44-25-19(35)16-12(32)4-9(29)5-13(16)41-24(25)8-1-2-10(30)11(31)3-8/h1-5,14-15,17-18,20-23,26-34,36-39H,6-7H2/t14?,15?,17-,18+,20-,21?,22?,23?,26+,27-/m0/s1. The zero-order valence-electron chi connectivity index (χ0n) is 22.4. The summed E-state index contributed by atoms with van der Waals surface area (Å²) >= 11 is 0. The van der Waals surface area contributed by atoms with Crippen molar-refractivity contribution in [1.82, 2.24) is 0 Å². The average molecular weight is 627 g/mol. The number of phenolic OH excluding ortho intramolecular Hbond substituents is 4. The molecule has 2 saturated heterocycles. The highest BCUT2D eigenvalue weighted by atomic mass is 16.7. The Hall–Kier alpha value is -3.75. The summed E-state index contributed by atoms with van der Waals surface area (Å²) in [5.41, 5.74) is -1.41. The van der Waals surface area contributed by atoms with Gasteiger partial charge in [-0.2, -0.15) is 0 Å². The lowest BCUT2D eigenvalue weighted by Crippen LogP contribution is -2.62. The number of fused-ring (bicyclic) bond motifs is 1. The van der Waals surface area contributed by atoms with Crippen molar-refractivity contribution >= 4 is 11.0 Å². The van der Waals surface area contributed by atoms with E-state index in [1.54, 1.807) is 0 Å². The van der Waals surface area contributed by atoms with Crippen molar-refractivity contribution in [2.45, 2.75) is 61.4 Å². The van der Waals surface area contributed by atoms with Gasteiger partial charge in [-0.3, -0.25) is 4.79 Å². The Bertz CT molecular complexity index is 1560. The van der Waals surface area contributed by atoms with Gasteiger partial charge in [0.15, 0.2) is 23.5 Å². The maximum Gasteiger partial charge on any atom is 0.239 e. The minimum Gasteiger partial charge on any atom is -0.508 e. The van der Waals surface area contributed by atoms with Crippen molar-refractivity contribution in [3.05, 3.63) is 40.6 Å². The van der Waals surface area contributed by atoms with E-state index in [4.69, 9.17) is 23.4 Å². The maximum atomic E-state index is 13.6. The molecule has 0 aliphatic carbocycles. The van der Waals surface area contributed by atoms with Crippen molar-refractivity contribution in [1.29, 1.82) is 0 Å². The van der Waals surface area contributed by atoms with E-state index in [9.17, 15) is 61.0 Å². The van der Waals surface area contributed by atoms with Crippen LogP contribution in [0.1, 0.15) is 0 Å². The summed E-state index contributed by atoms with van der Waals surface area (Å²) < 4.78 is 27.6. The summed E-state index contributed by atoms with van der Waals surface area (Å²) in [4.78, 5) is 13.6. The Morgan fingerprint density at radius 1 is 0.705 bits per heavy atom. The molecule has 1 aromatic heterocycles. The Morgan fingerprint density at radius 3 is 2.00 bits per heavy atom. The highest BCUT2D eigenvalue weighted by molar-refractivity contribution is 5.88. The number of benzene rings is 2. The van der Waals surface area contributed by atoms with E-state index < -0.39 is 120 Å². The molecule has 0 radical (unpaired) electrons. The molecule has 44 heavy (non-hydrogen) atoms. The van der Waals surface area contributed by atoms with E-state index in [2.05, 4.69) is 0 Å². The first kappa shape index (κ1) is 31.7. The third-order valence-corrected chi connectivity index (χ3v) is 7.33. The molecule has 2 aromatic carbocycles. The molecule has 3 heterocycles. The van der Waals surface area contributed by atoms with Crippen LogP contribution in [-0.4, -0.2) is 131 Å². The second-order valence-electron chi connectivity index (χ2n) is 10.3. The quantitative estimate of drug-likeness (QED) is 0.119. The van der Waals surface area contributed by atoms with E-state index in [1.807, 2.05) is 0 Å². The van der Waals surface area contributed by atoms with Crippen molar-refractivity contribution in [2.75, 3.05) is 13.2 Å². The molecule has 240 valence electrons. The number of aliphatic hydroxyl groups excluding tert-OH is 7. The van der Waals surface area contributed by atoms with Crippen molar-refractivity contribution in [3.63, 3.8) is 0 Å². The first-order chi connectivity index (χ1) is 20.8. The van der Waals surface area contributed by atoms with Crippen LogP contribution < -0.4 is 10.2 Å². The van der Waals surface area contributed by atoms with Gasteiger partial charge in [0.05, 0.1) is 13.2 Å². The first-order valence-electron chi connectivity index (χ1n) is 13.2. The Kier molecular flexibility index (Phi) is 8.87. The second kappa shape index (κ2) is 12.3. The topological polar surface area (TPSA) is 290 Å². The molecular weight excluding hydrogens is 596 g/mol. The number of rotatable bonds is 7. The summed E-state index contributed by atoms with van der Waals surface area (Å²) in [5.74, 6) is -3.44. The molecule has 3 aromatic rings. The van der Waals surface area contributed by atoms with Crippen LogP contribution in [0.3, 0.4) is 0 Å². The van der Waals surface area contributed by atoms with Crippen LogP contribution in [-0.2, 0) is 14.2 Å². The van der Waals surface area contributed by atoms with Crippen molar-refractivity contribution in [2.24, 2.45) is 0 Å². The highest BCUT2D eigenvalue weighted by Crippen LogP contribution is 2.39. The molecule has 11 N–H and O–H groups in total. The predicted molar refractivity (Wildman–Crippen MR) is 142 cm³/mol. The van der Waals surface area contributed by atoms with Gasteiger partial charge in [-0.05, 0) is 18.2 Å². The molecular formula is C27H30O17. The fraction of sp³-hybridized carbons (Fsp3) is 0.444. The van der Waals surface area contributed by atoms with Crippen LogP contribution in [0.5, 0.6) is 28.7 Å². The van der Waals surface area contributed by atoms with Gasteiger partial charge in [0, 0.05) is 17.7 Å². The van der Waals surface area contributed by atoms with Gasteiger partial charge in [0.25, 0.3) is 0 Å². The number of hydrogen-bond donors (Lipinski definition) is 11. The Morgan fingerprint density at radius 2 is 1.34 bits per heavy atom. The number of aliphatic hydroxyl groups is 7. The molecule has 17 nitrogen and oxygen atoms in total. The third kappa shape index (κ3) is 5.73. The minimum absolute atomic E-state index is 0.0504. The second-order valence-corrected chi connectivity index (χ2v) is 10.3. The van der Waals surface area contributed by atoms with E-state index >= 15 is 0 Å². The number of hydrogen-bond acceptors (Lipinski definition) is 17. The van der Waals surface area contributed by atoms with Crippen molar-refractivity contribution < 1.29 is 79.5 Å². The molecule has 2 aliphatic heterocycles. The van der Waals surface area contributed by atoms with Crippen molar-refractivity contribution in [3.8, 4) is 40.1 Å². The molecule has 0 bridgehead atoms. The first-order valence-corrected chi connectivity index (χ1v) is 13.2. The molecule has 0 saturated carbocycles. The van der Waals surface area contributed by atoms with Gasteiger partial charge >= 0.3 is 0 Å². The molecule has 0 amide bonds. The van der Waals surface area contributed by atoms with E-state index in [0.717, 1.165) is 24.3 Å². The molecule has 2 fully saturated rings. The summed E-state index contributed by atoms with van der Waals surface area (Å²) in [6.07, 6.45) is -17.4. The average Bonchev–Trinajstić information content (AvgIpc) is 2.98. The molecule has 17 heteroatoms. The van der Waals surface area contributed by atoms with Gasteiger partial charge in [-0.1, -0.05) is 0 Å². The zero-order valence-corrected chi connectivity index (χ0v) is 22.4. The number of ether oxygens (including phenoxy) is 4. The normalized spacial score (nSPS) is 32.5. The van der Waals surface area contributed by atoms with Crippen LogP contribution in [0, 0.1) is 0 Å². The molecule has 2 aliphatic rings. The lowest BCUT2D eigenvalue weighted by atomic mass is 9.98. The zero-order chi connectivity index (χ0) is 32.0. The van der Waals surface area contributed by atoms with Crippen LogP contribution in [0.15, 0.2) is 39.5 Å². The van der Waals surface area contributed by atoms with Gasteiger partial charge in [-0.25, -0.2) is 0 Å². The summed E-state index contributed by atoms with van der Waals surface area (Å²) in [6.45, 7) is -1.42. The van der Waals surface area contributed by atoms with Crippen LogP contribution in [0.4, 0.5) is 0 Å². The minimum atomic E-state index is -2.00. The van der Waals surface area contributed by atoms with Crippen LogP contribution >= 0.6 is 0 Å². The Labute approximate surface area is 246 Å². The third-order valence-electron chi connectivity index (χ3n) is 7.33. The summed E-state index contributed by atoms with van der Waals surface area (Å²) in [7, 11) is 0. The van der Waals surface area contributed by atoms with Gasteiger partial charge in [0.1, 0.15) is 71.3 Å². The van der Waals surface area contributed by atoms with E-state index in [0.29, 0.717) is 0 Å². The van der Waals surface area contributed by atoms with E-state index in [-0.39, 0.29) is 11.1 Å². The lowest BCUT2D eigenvalue weighted by Gasteiger charge is -2.42. The largest absolute Gasteiger partial charge is 0.508 e. The Balaban J connectivity index is 1.47. The van der Waals surface area contributed by atoms with Crippen LogP contribution in [0.25, 0.3) is 22.3 Å². The highest BCUT2D eigenvalue weighted by Gasteiger charge is 2.48. The summed E-state index contributed by atoms with van der Waals surface area (Å²) in [5, 5.41) is 111. The molecule has 10 atom stereocenters. The lowest BCUT2D eigenvalue weighted by molar-refractivity contribution is -0.323. The smallest absolute Gasteiger partial charge is 0.239 e. The van der Waals surface area contributed by atoms with Gasteiger partial charge in [-0.15, -0.1) is 0 Å². The fourth-order valence-corrected chi connectivity index (χ4v) is 4.89. The predicted octanol–water partition coefficient (Wildman–Crippen LogP) is -2.71. The fourth-order valence-electron chi connectivity index (χ4n) is 4.89.